The summed E-state index contributed by atoms with van der Waals surface area (Å²) in [6, 6.07) is 15.5. The van der Waals surface area contributed by atoms with Gasteiger partial charge in [0.2, 0.25) is 0 Å². The maximum Gasteiger partial charge on any atom is 0.291 e. The highest BCUT2D eigenvalue weighted by molar-refractivity contribution is 6.09. The van der Waals surface area contributed by atoms with Crippen molar-refractivity contribution in [2.45, 2.75) is 13.8 Å². The summed E-state index contributed by atoms with van der Waals surface area (Å²) in [5.74, 6) is 0.0695. The van der Waals surface area contributed by atoms with Crippen molar-refractivity contribution < 1.29 is 9.21 Å². The van der Waals surface area contributed by atoms with Crippen LogP contribution in [0.15, 0.2) is 52.9 Å². The van der Waals surface area contributed by atoms with Crippen LogP contribution in [-0.2, 0) is 0 Å². The number of hydrogen-bond donors (Lipinski definition) is 2. The van der Waals surface area contributed by atoms with E-state index in [2.05, 4.69) is 10.3 Å². The van der Waals surface area contributed by atoms with Gasteiger partial charge in [-0.2, -0.15) is 0 Å². The molecule has 2 aromatic carbocycles. The summed E-state index contributed by atoms with van der Waals surface area (Å²) in [7, 11) is 0. The van der Waals surface area contributed by atoms with Crippen molar-refractivity contribution in [3.8, 4) is 0 Å². The molecular formula is C19H16N2O2. The fourth-order valence-electron chi connectivity index (χ4n) is 2.84. The zero-order valence-electron chi connectivity index (χ0n) is 12.9. The lowest BCUT2D eigenvalue weighted by molar-refractivity contribution is 0.0999. The molecule has 4 nitrogen and oxygen atoms in total. The van der Waals surface area contributed by atoms with Crippen molar-refractivity contribution in [3.63, 3.8) is 0 Å². The molecule has 0 aliphatic heterocycles. The quantitative estimate of drug-likeness (QED) is 0.559. The second-order valence-corrected chi connectivity index (χ2v) is 5.83. The molecule has 2 N–H and O–H groups in total. The van der Waals surface area contributed by atoms with Crippen molar-refractivity contribution in [2.24, 2.45) is 0 Å². The molecule has 0 saturated heterocycles. The molecule has 2 aromatic heterocycles. The molecule has 0 aliphatic carbocycles. The van der Waals surface area contributed by atoms with Gasteiger partial charge in [0.1, 0.15) is 5.58 Å². The third-order valence-electron chi connectivity index (χ3n) is 3.95. The van der Waals surface area contributed by atoms with E-state index in [0.29, 0.717) is 5.76 Å². The Labute approximate surface area is 133 Å². The number of aromatic nitrogens is 1. The number of nitrogens with one attached hydrogen (secondary N) is 2. The summed E-state index contributed by atoms with van der Waals surface area (Å²) in [4.78, 5) is 15.8. The Bertz CT molecular complexity index is 1040. The van der Waals surface area contributed by atoms with E-state index in [-0.39, 0.29) is 5.91 Å². The average molecular weight is 304 g/mol. The molecule has 23 heavy (non-hydrogen) atoms. The highest BCUT2D eigenvalue weighted by Gasteiger charge is 2.14. The Morgan fingerprint density at radius 3 is 2.83 bits per heavy atom. The van der Waals surface area contributed by atoms with Crippen molar-refractivity contribution in [3.05, 3.63) is 65.5 Å². The van der Waals surface area contributed by atoms with E-state index in [9.17, 15) is 4.79 Å². The number of rotatable bonds is 2. The van der Waals surface area contributed by atoms with E-state index in [0.717, 1.165) is 38.8 Å². The lowest BCUT2D eigenvalue weighted by Crippen LogP contribution is -2.10. The maximum absolute atomic E-state index is 12.5. The van der Waals surface area contributed by atoms with Gasteiger partial charge in [-0.25, -0.2) is 0 Å². The van der Waals surface area contributed by atoms with Crippen LogP contribution in [0, 0.1) is 13.8 Å². The van der Waals surface area contributed by atoms with Gasteiger partial charge in [0, 0.05) is 22.0 Å². The number of carbonyl (C=O) groups excluding carboxylic acids is 1. The van der Waals surface area contributed by atoms with Crippen molar-refractivity contribution in [1.82, 2.24) is 4.98 Å². The minimum atomic E-state index is -0.245. The summed E-state index contributed by atoms with van der Waals surface area (Å²) in [5, 5.41) is 4.86. The first-order valence-corrected chi connectivity index (χ1v) is 7.50. The predicted molar refractivity (Wildman–Crippen MR) is 91.9 cm³/mol. The first kappa shape index (κ1) is 13.6. The fraction of sp³-hybridized carbons (Fsp3) is 0.105. The number of benzene rings is 2. The third-order valence-corrected chi connectivity index (χ3v) is 3.95. The van der Waals surface area contributed by atoms with Crippen LogP contribution in [0.3, 0.4) is 0 Å². The molecule has 0 spiro atoms. The van der Waals surface area contributed by atoms with Gasteiger partial charge in [-0.3, -0.25) is 4.79 Å². The van der Waals surface area contributed by atoms with Crippen LogP contribution >= 0.6 is 0 Å². The number of fused-ring (bicyclic) bond motifs is 2. The third kappa shape index (κ3) is 2.38. The second-order valence-electron chi connectivity index (χ2n) is 5.83. The van der Waals surface area contributed by atoms with Gasteiger partial charge >= 0.3 is 0 Å². The summed E-state index contributed by atoms with van der Waals surface area (Å²) in [6.07, 6.45) is 0. The Kier molecular flexibility index (Phi) is 2.98. The first-order valence-electron chi connectivity index (χ1n) is 7.50. The fourth-order valence-corrected chi connectivity index (χ4v) is 2.84. The van der Waals surface area contributed by atoms with E-state index < -0.39 is 0 Å². The monoisotopic (exact) mass is 304 g/mol. The van der Waals surface area contributed by atoms with Gasteiger partial charge < -0.3 is 14.7 Å². The van der Waals surface area contributed by atoms with Gasteiger partial charge in [0.05, 0.1) is 5.69 Å². The molecule has 4 aromatic rings. The van der Waals surface area contributed by atoms with Crippen molar-refractivity contribution in [1.29, 1.82) is 0 Å². The zero-order chi connectivity index (χ0) is 16.0. The Morgan fingerprint density at radius 2 is 1.96 bits per heavy atom. The normalized spacial score (nSPS) is 11.2. The molecule has 4 heteroatoms. The van der Waals surface area contributed by atoms with Crippen LogP contribution < -0.4 is 5.32 Å². The van der Waals surface area contributed by atoms with Gasteiger partial charge in [-0.1, -0.05) is 18.2 Å². The number of amides is 1. The van der Waals surface area contributed by atoms with Crippen LogP contribution in [0.2, 0.25) is 0 Å². The van der Waals surface area contributed by atoms with E-state index in [1.807, 2.05) is 56.3 Å². The molecule has 0 atom stereocenters. The first-order chi connectivity index (χ1) is 11.1. The summed E-state index contributed by atoms with van der Waals surface area (Å²) < 4.78 is 5.68. The summed E-state index contributed by atoms with van der Waals surface area (Å²) in [5.41, 5.74) is 4.66. The minimum absolute atomic E-state index is 0.245. The van der Waals surface area contributed by atoms with E-state index in [1.165, 1.54) is 0 Å². The molecular weight excluding hydrogens is 288 g/mol. The summed E-state index contributed by atoms with van der Waals surface area (Å²) >= 11 is 0. The number of aryl methyl sites for hydroxylation is 2. The SMILES string of the molecule is Cc1ccc2cc(C(=O)Nc3cccc4[nH]c(C)cc34)oc2c1. The maximum atomic E-state index is 12.5. The number of H-pyrrole nitrogens is 1. The minimum Gasteiger partial charge on any atom is -0.451 e. The number of furan rings is 1. The second kappa shape index (κ2) is 5.02. The van der Waals surface area contributed by atoms with Gasteiger partial charge in [-0.05, 0) is 49.7 Å². The van der Waals surface area contributed by atoms with Gasteiger partial charge in [0.25, 0.3) is 5.91 Å². The van der Waals surface area contributed by atoms with Crippen molar-refractivity contribution >= 4 is 33.5 Å². The standard InChI is InChI=1S/C19H16N2O2/c1-11-6-7-13-10-18(23-17(13)8-11)19(22)21-16-5-3-4-15-14(16)9-12(2)20-15/h3-10,20H,1-2H3,(H,21,22). The molecule has 0 fully saturated rings. The van der Waals surface area contributed by atoms with E-state index >= 15 is 0 Å². The van der Waals surface area contributed by atoms with E-state index in [1.54, 1.807) is 6.07 Å². The molecule has 0 saturated carbocycles. The van der Waals surface area contributed by atoms with Crippen LogP contribution in [0.1, 0.15) is 21.8 Å². The lowest BCUT2D eigenvalue weighted by Gasteiger charge is -2.04. The van der Waals surface area contributed by atoms with Crippen LogP contribution in [0.25, 0.3) is 21.9 Å². The Balaban J connectivity index is 1.70. The molecule has 0 radical (unpaired) electrons. The Hall–Kier alpha value is -3.01. The van der Waals surface area contributed by atoms with Crippen molar-refractivity contribution in [2.75, 3.05) is 5.32 Å². The molecule has 2 heterocycles. The predicted octanol–water partition coefficient (Wildman–Crippen LogP) is 4.78. The topological polar surface area (TPSA) is 58.0 Å². The number of hydrogen-bond acceptors (Lipinski definition) is 2. The zero-order valence-corrected chi connectivity index (χ0v) is 12.9. The van der Waals surface area contributed by atoms with Crippen LogP contribution in [0.5, 0.6) is 0 Å². The molecule has 1 amide bonds. The number of anilines is 1. The molecule has 0 aliphatic rings. The molecule has 4 rings (SSSR count). The highest BCUT2D eigenvalue weighted by atomic mass is 16.3. The molecule has 114 valence electrons. The summed E-state index contributed by atoms with van der Waals surface area (Å²) in [6.45, 7) is 3.99. The van der Waals surface area contributed by atoms with Crippen LogP contribution in [-0.4, -0.2) is 10.9 Å². The lowest BCUT2D eigenvalue weighted by atomic mass is 10.2. The van der Waals surface area contributed by atoms with E-state index in [4.69, 9.17) is 4.42 Å². The van der Waals surface area contributed by atoms with Crippen LogP contribution in [0.4, 0.5) is 5.69 Å². The smallest absolute Gasteiger partial charge is 0.291 e. The molecule has 0 bridgehead atoms. The number of carbonyl (C=O) groups is 1. The number of aromatic amines is 1. The Morgan fingerprint density at radius 1 is 1.09 bits per heavy atom. The highest BCUT2D eigenvalue weighted by Crippen LogP contribution is 2.26. The van der Waals surface area contributed by atoms with Gasteiger partial charge in [0.15, 0.2) is 5.76 Å². The average Bonchev–Trinajstić information content (AvgIpc) is 3.09. The van der Waals surface area contributed by atoms with Gasteiger partial charge in [-0.15, -0.1) is 0 Å². The largest absolute Gasteiger partial charge is 0.451 e. The molecule has 0 unspecified atom stereocenters.